The van der Waals surface area contributed by atoms with Crippen molar-refractivity contribution in [3.05, 3.63) is 53.4 Å². The number of nitrogens with two attached hydrogens (primary N) is 1. The smallest absolute Gasteiger partial charge is 0.396 e. The Hall–Kier alpha value is -3.47. The second-order valence-corrected chi connectivity index (χ2v) is 8.44. The van der Waals surface area contributed by atoms with Gasteiger partial charge in [-0.3, -0.25) is 0 Å². The summed E-state index contributed by atoms with van der Waals surface area (Å²) in [6.45, 7) is 4.91. The standard InChI is InChI=1S/C23H26F3N7O/c1-14-21(33-22(29-14)17(27)13-19(31-33)32-9-11-34-12-10-32)30-18-4-2-3-16(23(24,25)26)20(18)15-5-7-28-8-6-15/h2-5,7,13,15,28,30H,6,8-12,27H2,1H3. The molecule has 0 saturated carbocycles. The maximum absolute atomic E-state index is 14.0. The molecule has 3 aromatic rings. The minimum absolute atomic E-state index is 0.208. The minimum Gasteiger partial charge on any atom is -0.396 e. The Balaban J connectivity index is 1.62. The molecule has 2 aliphatic rings. The molecule has 0 amide bonds. The molecule has 0 bridgehead atoms. The number of nitrogens with zero attached hydrogens (tertiary/aromatic N) is 4. The number of rotatable bonds is 4. The molecule has 1 unspecified atom stereocenters. The van der Waals surface area contributed by atoms with E-state index < -0.39 is 11.7 Å². The number of ether oxygens (including phenoxy) is 1. The van der Waals surface area contributed by atoms with Crippen LogP contribution >= 0.6 is 0 Å². The van der Waals surface area contributed by atoms with Gasteiger partial charge in [-0.25, -0.2) is 4.98 Å². The predicted molar refractivity (Wildman–Crippen MR) is 124 cm³/mol. The number of imidazole rings is 1. The molecule has 4 heterocycles. The van der Waals surface area contributed by atoms with Crippen molar-refractivity contribution >= 4 is 28.7 Å². The first-order chi connectivity index (χ1) is 16.3. The molecule has 11 heteroatoms. The summed E-state index contributed by atoms with van der Waals surface area (Å²) < 4.78 is 48.9. The number of anilines is 4. The number of fused-ring (bicyclic) bond motifs is 1. The first-order valence-electron chi connectivity index (χ1n) is 11.2. The molecule has 1 atom stereocenters. The second kappa shape index (κ2) is 8.71. The van der Waals surface area contributed by atoms with Gasteiger partial charge in [0.1, 0.15) is 0 Å². The molecular formula is C23H26F3N7O. The van der Waals surface area contributed by atoms with Crippen LogP contribution in [0.5, 0.6) is 0 Å². The van der Waals surface area contributed by atoms with Crippen LogP contribution in [0.3, 0.4) is 0 Å². The van der Waals surface area contributed by atoms with Crippen molar-refractivity contribution in [1.82, 2.24) is 19.9 Å². The van der Waals surface area contributed by atoms with Gasteiger partial charge in [-0.05, 0) is 37.2 Å². The molecular weight excluding hydrogens is 447 g/mol. The Morgan fingerprint density at radius 3 is 2.74 bits per heavy atom. The highest BCUT2D eigenvalue weighted by atomic mass is 19.4. The summed E-state index contributed by atoms with van der Waals surface area (Å²) in [6.07, 6.45) is -0.446. The molecule has 1 fully saturated rings. The number of alkyl halides is 3. The van der Waals surface area contributed by atoms with Crippen LogP contribution < -0.4 is 21.3 Å². The fraction of sp³-hybridized carbons (Fsp3) is 0.391. The number of allylic oxidation sites excluding steroid dienone is 1. The third-order valence-corrected chi connectivity index (χ3v) is 6.19. The lowest BCUT2D eigenvalue weighted by Crippen LogP contribution is -2.37. The van der Waals surface area contributed by atoms with Gasteiger partial charge in [0.2, 0.25) is 0 Å². The largest absolute Gasteiger partial charge is 0.416 e. The highest BCUT2D eigenvalue weighted by Gasteiger charge is 2.36. The summed E-state index contributed by atoms with van der Waals surface area (Å²) in [4.78, 5) is 6.60. The lowest BCUT2D eigenvalue weighted by atomic mass is 9.88. The zero-order valence-corrected chi connectivity index (χ0v) is 18.7. The van der Waals surface area contributed by atoms with E-state index in [0.717, 1.165) is 6.07 Å². The number of morpholine rings is 1. The van der Waals surface area contributed by atoms with E-state index in [1.54, 1.807) is 35.8 Å². The molecule has 1 aromatic carbocycles. The van der Waals surface area contributed by atoms with Gasteiger partial charge in [-0.1, -0.05) is 12.1 Å². The number of nitrogens with one attached hydrogen (secondary N) is 2. The molecule has 2 aromatic heterocycles. The van der Waals surface area contributed by atoms with Crippen LogP contribution in [0.25, 0.3) is 5.65 Å². The maximum atomic E-state index is 14.0. The zero-order valence-electron chi connectivity index (χ0n) is 18.7. The molecule has 2 aliphatic heterocycles. The van der Waals surface area contributed by atoms with Crippen molar-refractivity contribution < 1.29 is 17.9 Å². The quantitative estimate of drug-likeness (QED) is 0.531. The molecule has 0 radical (unpaired) electrons. The molecule has 0 spiro atoms. The highest BCUT2D eigenvalue weighted by molar-refractivity contribution is 5.75. The third-order valence-electron chi connectivity index (χ3n) is 6.19. The molecule has 180 valence electrons. The van der Waals surface area contributed by atoms with Gasteiger partial charge < -0.3 is 26.0 Å². The maximum Gasteiger partial charge on any atom is 0.416 e. The molecule has 8 nitrogen and oxygen atoms in total. The molecule has 4 N–H and O–H groups in total. The Morgan fingerprint density at radius 2 is 2.03 bits per heavy atom. The number of hydrogen-bond acceptors (Lipinski definition) is 7. The predicted octanol–water partition coefficient (Wildman–Crippen LogP) is 3.81. The van der Waals surface area contributed by atoms with Crippen molar-refractivity contribution in [2.75, 3.05) is 48.8 Å². The number of aryl methyl sites for hydroxylation is 1. The van der Waals surface area contributed by atoms with Crippen LogP contribution in [0, 0.1) is 6.92 Å². The average molecular weight is 474 g/mol. The highest BCUT2D eigenvalue weighted by Crippen LogP contribution is 2.42. The van der Waals surface area contributed by atoms with Gasteiger partial charge in [-0.15, -0.1) is 5.10 Å². The Kier molecular flexibility index (Phi) is 5.72. The Morgan fingerprint density at radius 1 is 1.24 bits per heavy atom. The Labute approximate surface area is 194 Å². The van der Waals surface area contributed by atoms with Crippen LogP contribution in [-0.2, 0) is 10.9 Å². The minimum atomic E-state index is -4.48. The van der Waals surface area contributed by atoms with E-state index in [0.29, 0.717) is 73.6 Å². The average Bonchev–Trinajstić information content (AvgIpc) is 3.15. The van der Waals surface area contributed by atoms with E-state index in [-0.39, 0.29) is 11.5 Å². The van der Waals surface area contributed by atoms with Crippen LogP contribution in [0.1, 0.15) is 29.2 Å². The number of aromatic nitrogens is 3. The van der Waals surface area contributed by atoms with Gasteiger partial charge in [0.05, 0.1) is 30.2 Å². The van der Waals surface area contributed by atoms with Gasteiger partial charge >= 0.3 is 6.18 Å². The monoisotopic (exact) mass is 473 g/mol. The van der Waals surface area contributed by atoms with Crippen LogP contribution in [-0.4, -0.2) is 47.4 Å². The summed E-state index contributed by atoms with van der Waals surface area (Å²) in [6, 6.07) is 5.98. The SMILES string of the molecule is Cc1nc2c(N)cc(N3CCOCC3)nn2c1Nc1cccc(C(F)(F)F)c1C1C=CNCC1. The summed E-state index contributed by atoms with van der Waals surface area (Å²) in [7, 11) is 0. The van der Waals surface area contributed by atoms with Gasteiger partial charge in [0, 0.05) is 37.3 Å². The number of halogens is 3. The van der Waals surface area contributed by atoms with Crippen molar-refractivity contribution in [3.8, 4) is 0 Å². The third kappa shape index (κ3) is 4.11. The van der Waals surface area contributed by atoms with Crippen LogP contribution in [0.4, 0.5) is 36.2 Å². The fourth-order valence-corrected chi connectivity index (χ4v) is 4.52. The van der Waals surface area contributed by atoms with Gasteiger partial charge in [-0.2, -0.15) is 17.7 Å². The second-order valence-electron chi connectivity index (χ2n) is 8.44. The zero-order chi connectivity index (χ0) is 23.9. The molecule has 34 heavy (non-hydrogen) atoms. The van der Waals surface area contributed by atoms with E-state index in [1.807, 2.05) is 0 Å². The van der Waals surface area contributed by atoms with Crippen molar-refractivity contribution in [1.29, 1.82) is 0 Å². The van der Waals surface area contributed by atoms with E-state index in [2.05, 4.69) is 20.5 Å². The first-order valence-corrected chi connectivity index (χ1v) is 11.2. The van der Waals surface area contributed by atoms with Gasteiger partial charge in [0.15, 0.2) is 17.3 Å². The number of benzene rings is 1. The van der Waals surface area contributed by atoms with Gasteiger partial charge in [0.25, 0.3) is 0 Å². The number of nitrogen functional groups attached to an aromatic ring is 1. The van der Waals surface area contributed by atoms with E-state index >= 15 is 0 Å². The van der Waals surface area contributed by atoms with Crippen molar-refractivity contribution in [3.63, 3.8) is 0 Å². The first kappa shape index (κ1) is 22.3. The van der Waals surface area contributed by atoms with E-state index in [4.69, 9.17) is 15.6 Å². The van der Waals surface area contributed by atoms with Crippen LogP contribution in [0.15, 0.2) is 36.5 Å². The molecule has 1 saturated heterocycles. The van der Waals surface area contributed by atoms with E-state index in [9.17, 15) is 13.2 Å². The lowest BCUT2D eigenvalue weighted by molar-refractivity contribution is -0.138. The van der Waals surface area contributed by atoms with Crippen molar-refractivity contribution in [2.45, 2.75) is 25.4 Å². The fourth-order valence-electron chi connectivity index (χ4n) is 4.52. The topological polar surface area (TPSA) is 92.7 Å². The summed E-state index contributed by atoms with van der Waals surface area (Å²) >= 11 is 0. The summed E-state index contributed by atoms with van der Waals surface area (Å²) in [5.74, 6) is 0.762. The van der Waals surface area contributed by atoms with Crippen LogP contribution in [0.2, 0.25) is 0 Å². The molecule has 0 aliphatic carbocycles. The molecule has 5 rings (SSSR count). The summed E-state index contributed by atoms with van der Waals surface area (Å²) in [5.41, 5.74) is 7.70. The lowest BCUT2D eigenvalue weighted by Gasteiger charge is -2.28. The summed E-state index contributed by atoms with van der Waals surface area (Å²) in [5, 5.41) is 11.0. The normalized spacial score (nSPS) is 18.8. The number of hydrogen-bond donors (Lipinski definition) is 3. The van der Waals surface area contributed by atoms with Crippen molar-refractivity contribution in [2.24, 2.45) is 0 Å². The Bertz CT molecular complexity index is 1230. The van der Waals surface area contributed by atoms with E-state index in [1.165, 1.54) is 6.07 Å².